The van der Waals surface area contributed by atoms with E-state index in [9.17, 15) is 40.4 Å². The lowest BCUT2D eigenvalue weighted by Gasteiger charge is -2.36. The molecule has 0 saturated carbocycles. The molecule has 3 aliphatic heterocycles. The van der Waals surface area contributed by atoms with Crippen LogP contribution in [0.1, 0.15) is 67.4 Å². The molecule has 3 amide bonds. The maximum absolute atomic E-state index is 12.8. The van der Waals surface area contributed by atoms with Crippen molar-refractivity contribution in [3.05, 3.63) is 236 Å². The van der Waals surface area contributed by atoms with Crippen molar-refractivity contribution >= 4 is 52.1 Å². The van der Waals surface area contributed by atoms with Gasteiger partial charge in [0.05, 0.1) is 66.8 Å². The zero-order valence-electron chi connectivity index (χ0n) is 65.0. The van der Waals surface area contributed by atoms with Crippen LogP contribution >= 0.6 is 0 Å². The molecule has 116 heavy (non-hydrogen) atoms. The molecule has 12 aromatic heterocycles. The van der Waals surface area contributed by atoms with Crippen molar-refractivity contribution in [2.45, 2.75) is 51.7 Å². The number of aryl methyl sites for hydroxylation is 3. The molecular formula is C87H86N24O5. The van der Waals surface area contributed by atoms with Crippen LogP contribution in [-0.4, -0.2) is 200 Å². The molecule has 2 aromatic carbocycles. The average molecular weight is 1550 g/mol. The van der Waals surface area contributed by atoms with Crippen molar-refractivity contribution in [1.29, 1.82) is 15.8 Å². The SMILES string of the molecule is CC(C)CCC(=O)N1CCN(c2ccc(-c3cc(-c4cnn(C)c4)cc4ncc(C#N)n34)cn2)CC1.Cn1cc(-c2cc(-c3ccc(N4CCN(C(=O)C[C@@H](O)c5ccccc5)CC4)nc3)n3c(C#N)cnc3c2)cn1.Cn1cc(-c2cc(-c3ccc(N4CCN(C(=O)[C@H](O)Cc5ccccc5)CC4)nc3)n3c(C#N)cnc3c2)cn1. The molecule has 3 fully saturated rings. The van der Waals surface area contributed by atoms with Gasteiger partial charge < -0.3 is 39.6 Å². The molecule has 15 heterocycles. The van der Waals surface area contributed by atoms with Crippen molar-refractivity contribution in [3.8, 4) is 85.4 Å². The average Bonchev–Trinajstić information content (AvgIpc) is 1.59. The first-order chi connectivity index (χ1) is 56.4. The molecule has 2 N–H and O–H groups in total. The molecule has 14 aromatic rings. The van der Waals surface area contributed by atoms with Gasteiger partial charge in [-0.05, 0) is 113 Å². The van der Waals surface area contributed by atoms with Crippen LogP contribution in [0.15, 0.2) is 208 Å². The van der Waals surface area contributed by atoms with Gasteiger partial charge in [0, 0.05) is 183 Å². The molecule has 3 aliphatic rings. The third-order valence-corrected chi connectivity index (χ3v) is 21.3. The minimum atomic E-state index is -1.05. The van der Waals surface area contributed by atoms with E-state index >= 15 is 0 Å². The fraction of sp³-hybridized carbons (Fsp3) is 0.276. The lowest BCUT2D eigenvalue weighted by molar-refractivity contribution is -0.140. The molecule has 17 rings (SSSR count). The van der Waals surface area contributed by atoms with Gasteiger partial charge >= 0.3 is 0 Å². The van der Waals surface area contributed by atoms with Gasteiger partial charge in [-0.2, -0.15) is 31.1 Å². The number of rotatable bonds is 18. The first kappa shape index (κ1) is 77.1. The van der Waals surface area contributed by atoms with Crippen LogP contribution in [0, 0.1) is 39.9 Å². The van der Waals surface area contributed by atoms with E-state index in [1.807, 2.05) is 210 Å². The zero-order chi connectivity index (χ0) is 80.5. The Hall–Kier alpha value is -14.2. The highest BCUT2D eigenvalue weighted by Gasteiger charge is 2.30. The van der Waals surface area contributed by atoms with Gasteiger partial charge in [0.15, 0.2) is 0 Å². The monoisotopic (exact) mass is 1550 g/mol. The maximum Gasteiger partial charge on any atom is 0.251 e. The minimum Gasteiger partial charge on any atom is -0.388 e. The van der Waals surface area contributed by atoms with E-state index in [2.05, 4.69) is 77.0 Å². The molecule has 0 radical (unpaired) electrons. The Morgan fingerprint density at radius 3 is 1.10 bits per heavy atom. The third kappa shape index (κ3) is 17.1. The number of aromatic nitrogens is 15. The van der Waals surface area contributed by atoms with E-state index in [0.717, 1.165) is 115 Å². The molecule has 0 unspecified atom stereocenters. The first-order valence-electron chi connectivity index (χ1n) is 38.6. The number of nitriles is 3. The Balaban J connectivity index is 0.000000137. The van der Waals surface area contributed by atoms with E-state index in [1.165, 1.54) is 0 Å². The van der Waals surface area contributed by atoms with Crippen molar-refractivity contribution in [2.24, 2.45) is 27.1 Å². The summed E-state index contributed by atoms with van der Waals surface area (Å²) in [5.74, 6) is 3.02. The second kappa shape index (κ2) is 34.4. The fourth-order valence-electron chi connectivity index (χ4n) is 14.9. The van der Waals surface area contributed by atoms with Crippen molar-refractivity contribution < 1.29 is 24.6 Å². The van der Waals surface area contributed by atoms with Crippen LogP contribution in [0.2, 0.25) is 0 Å². The van der Waals surface area contributed by atoms with E-state index in [4.69, 9.17) is 15.0 Å². The number of fused-ring (bicyclic) bond motifs is 3. The van der Waals surface area contributed by atoms with Crippen LogP contribution in [-0.2, 0) is 41.9 Å². The number of piperazine rings is 3. The highest BCUT2D eigenvalue weighted by molar-refractivity contribution is 5.83. The highest BCUT2D eigenvalue weighted by Crippen LogP contribution is 2.35. The van der Waals surface area contributed by atoms with Gasteiger partial charge in [-0.15, -0.1) is 0 Å². The normalized spacial score (nSPS) is 14.2. The predicted octanol–water partition coefficient (Wildman–Crippen LogP) is 10.1. The quantitative estimate of drug-likeness (QED) is 0.0806. The largest absolute Gasteiger partial charge is 0.388 e. The summed E-state index contributed by atoms with van der Waals surface area (Å²) >= 11 is 0. The number of amides is 3. The number of nitrogens with zero attached hydrogens (tertiary/aromatic N) is 24. The topological polar surface area (TPSA) is 327 Å². The van der Waals surface area contributed by atoms with Gasteiger partial charge in [-0.25, -0.2) is 29.9 Å². The van der Waals surface area contributed by atoms with Gasteiger partial charge in [-0.3, -0.25) is 41.6 Å². The fourth-order valence-corrected chi connectivity index (χ4v) is 14.9. The first-order valence-corrected chi connectivity index (χ1v) is 38.6. The number of hydrogen-bond donors (Lipinski definition) is 2. The summed E-state index contributed by atoms with van der Waals surface area (Å²) in [5.41, 5.74) is 16.0. The van der Waals surface area contributed by atoms with Crippen LogP contribution in [0.4, 0.5) is 17.5 Å². The minimum absolute atomic E-state index is 0.0505. The number of pyridine rings is 6. The Labute approximate surface area is 669 Å². The molecule has 0 spiro atoms. The lowest BCUT2D eigenvalue weighted by Crippen LogP contribution is -2.52. The molecule has 584 valence electrons. The third-order valence-electron chi connectivity index (χ3n) is 21.3. The second-order valence-corrected chi connectivity index (χ2v) is 29.5. The number of hydrogen-bond acceptors (Lipinski definition) is 20. The molecule has 29 heteroatoms. The number of aliphatic hydroxyl groups excluding tert-OH is 2. The van der Waals surface area contributed by atoms with Crippen molar-refractivity contribution in [3.63, 3.8) is 0 Å². The van der Waals surface area contributed by atoms with E-state index in [0.29, 0.717) is 118 Å². The van der Waals surface area contributed by atoms with Gasteiger partial charge in [0.2, 0.25) is 11.8 Å². The Kier molecular flexibility index (Phi) is 22.9. The van der Waals surface area contributed by atoms with E-state index in [-0.39, 0.29) is 24.1 Å². The molecule has 29 nitrogen and oxygen atoms in total. The van der Waals surface area contributed by atoms with Crippen LogP contribution in [0.25, 0.3) is 84.1 Å². The number of aliphatic hydroxyl groups is 2. The van der Waals surface area contributed by atoms with E-state index < -0.39 is 12.2 Å². The van der Waals surface area contributed by atoms with Crippen LogP contribution in [0.3, 0.4) is 0 Å². The Bertz CT molecular complexity index is 5960. The maximum atomic E-state index is 12.8. The standard InChI is InChI=1S/2C30H28N8O2.C27H30N8O/c1-35-20-24(18-34-35)23-13-26(38-25(16-31)19-33-29(38)14-23)22-7-8-28(32-17-22)36-9-11-37(12-10-36)30(40)15-27(39)21-5-3-2-4-6-21;1-35-20-24(18-34-35)23-14-26(38-25(16-31)19-33-29(38)15-23)22-7-8-28(32-17-22)36-9-11-37(12-10-36)30(40)27(39)13-21-5-3-2-4-6-21;1-19(2)4-7-27(36)34-10-8-33(9-11-34)25-6-5-20(15-29-25)24-12-21(22-16-31-32(3)18-22)13-26-30-17-23(14-28)35(24)26/h2-8,13-14,17-20,27,39H,9-12,15H2,1H3;2-8,14-15,17-20,27,39H,9-13H2,1H3;5-6,12-13,15-19H,4,7-11H2,1-3H3/t2*27-;/m11./s1. The summed E-state index contributed by atoms with van der Waals surface area (Å²) in [4.78, 5) is 77.7. The summed E-state index contributed by atoms with van der Waals surface area (Å²) in [6.07, 6.45) is 21.5. The van der Waals surface area contributed by atoms with Gasteiger partial charge in [0.25, 0.3) is 5.91 Å². The summed E-state index contributed by atoms with van der Waals surface area (Å²) < 4.78 is 10.8. The van der Waals surface area contributed by atoms with Crippen LogP contribution in [0.5, 0.6) is 0 Å². The molecule has 0 aliphatic carbocycles. The number of imidazole rings is 3. The number of anilines is 3. The smallest absolute Gasteiger partial charge is 0.251 e. The Morgan fingerprint density at radius 2 is 0.767 bits per heavy atom. The zero-order valence-corrected chi connectivity index (χ0v) is 65.0. The van der Waals surface area contributed by atoms with E-state index in [1.54, 1.807) is 61.0 Å². The van der Waals surface area contributed by atoms with Crippen molar-refractivity contribution in [2.75, 3.05) is 93.2 Å². The molecule has 2 atom stereocenters. The summed E-state index contributed by atoms with van der Waals surface area (Å²) in [6, 6.07) is 49.4. The second-order valence-electron chi connectivity index (χ2n) is 29.5. The molecule has 3 saturated heterocycles. The summed E-state index contributed by atoms with van der Waals surface area (Å²) in [7, 11) is 5.63. The van der Waals surface area contributed by atoms with Gasteiger partial charge in [0.1, 0.15) is 75.8 Å². The summed E-state index contributed by atoms with van der Waals surface area (Å²) in [5, 5.41) is 62.8. The van der Waals surface area contributed by atoms with Crippen LogP contribution < -0.4 is 14.7 Å². The Morgan fingerprint density at radius 1 is 0.405 bits per heavy atom. The number of carbonyl (C=O) groups excluding carboxylic acids is 3. The lowest BCUT2D eigenvalue weighted by atomic mass is 10.1. The van der Waals surface area contributed by atoms with Crippen molar-refractivity contribution in [1.82, 2.24) is 87.1 Å². The number of carbonyl (C=O) groups is 3. The number of benzene rings is 2. The van der Waals surface area contributed by atoms with Gasteiger partial charge in [-0.1, -0.05) is 74.5 Å². The molecular weight excluding hydrogens is 1460 g/mol. The predicted molar refractivity (Wildman–Crippen MR) is 439 cm³/mol. The summed E-state index contributed by atoms with van der Waals surface area (Å²) in [6.45, 7) is 12.0. The molecule has 0 bridgehead atoms. The highest BCUT2D eigenvalue weighted by atomic mass is 16.3.